The molecule has 2 heterocycles. The van der Waals surface area contributed by atoms with Crippen LogP contribution in [-0.4, -0.2) is 9.13 Å². The fraction of sp³-hybridized carbons (Fsp3) is 0.107. The summed E-state index contributed by atoms with van der Waals surface area (Å²) < 4.78 is 4.68. The topological polar surface area (TPSA) is 33.6 Å². The number of para-hydroxylation sites is 2. The lowest BCUT2D eigenvalue weighted by molar-refractivity contribution is 1.13. The highest BCUT2D eigenvalue weighted by Gasteiger charge is 2.26. The van der Waals surface area contributed by atoms with Gasteiger partial charge in [-0.25, -0.2) is 0 Å². The highest BCUT2D eigenvalue weighted by atomic mass is 15.0. The van der Waals surface area contributed by atoms with Gasteiger partial charge >= 0.3 is 0 Å². The van der Waals surface area contributed by atoms with E-state index in [1.165, 1.54) is 44.2 Å². The van der Waals surface area contributed by atoms with Gasteiger partial charge in [0.05, 0.1) is 50.1 Å². The molecule has 8 aromatic carbocycles. The molecule has 282 valence electrons. The summed E-state index contributed by atoms with van der Waals surface area (Å²) in [6, 6.07) is 57.6. The number of aromatic nitrogens is 2. The van der Waals surface area contributed by atoms with Crippen LogP contribution in [0.4, 0.5) is 0 Å². The Balaban J connectivity index is 1.32. The summed E-state index contributed by atoms with van der Waals surface area (Å²) in [7, 11) is 0. The molecule has 0 N–H and O–H groups in total. The van der Waals surface area contributed by atoms with Crippen molar-refractivity contribution in [3.8, 4) is 50.8 Å². The molecule has 10 aromatic rings. The van der Waals surface area contributed by atoms with Gasteiger partial charge in [-0.1, -0.05) is 115 Å². The molecule has 0 fully saturated rings. The Labute approximate surface area is 346 Å². The van der Waals surface area contributed by atoms with Crippen LogP contribution in [0.1, 0.15) is 45.9 Å². The summed E-state index contributed by atoms with van der Waals surface area (Å²) >= 11 is 0. The number of nitriles is 1. The van der Waals surface area contributed by atoms with Gasteiger partial charge in [0.2, 0.25) is 0 Å². The normalized spacial score (nSPS) is 11.6. The van der Waals surface area contributed by atoms with Gasteiger partial charge in [0.25, 0.3) is 0 Å². The Bertz CT molecular complexity index is 3360. The average molecular weight is 759 g/mol. The van der Waals surface area contributed by atoms with Gasteiger partial charge in [-0.15, -0.1) is 0 Å². The highest BCUT2D eigenvalue weighted by Crippen LogP contribution is 2.44. The quantitative estimate of drug-likeness (QED) is 0.155. The maximum Gasteiger partial charge on any atom is 0.135 e. The first-order valence-corrected chi connectivity index (χ1v) is 20.5. The number of aryl methyl sites for hydroxylation is 5. The lowest BCUT2D eigenvalue weighted by Crippen LogP contribution is -2.05. The Morgan fingerprint density at radius 1 is 0.492 bits per heavy atom. The van der Waals surface area contributed by atoms with Crippen molar-refractivity contribution in [2.75, 3.05) is 0 Å². The number of benzene rings is 8. The van der Waals surface area contributed by atoms with Crippen LogP contribution in [0.5, 0.6) is 0 Å². The Morgan fingerprint density at radius 2 is 1.07 bits per heavy atom. The molecule has 0 bridgehead atoms. The summed E-state index contributed by atoms with van der Waals surface area (Å²) in [4.78, 5) is 0. The molecule has 0 saturated heterocycles. The first-order valence-electron chi connectivity index (χ1n) is 20.5. The van der Waals surface area contributed by atoms with Gasteiger partial charge < -0.3 is 9.13 Å². The zero-order valence-corrected chi connectivity index (χ0v) is 34.2. The van der Waals surface area contributed by atoms with Crippen molar-refractivity contribution >= 4 is 43.6 Å². The molecule has 0 aliphatic carbocycles. The van der Waals surface area contributed by atoms with Crippen LogP contribution >= 0.6 is 0 Å². The fourth-order valence-corrected chi connectivity index (χ4v) is 9.58. The molecule has 10 rings (SSSR count). The van der Waals surface area contributed by atoms with Crippen molar-refractivity contribution in [3.63, 3.8) is 0 Å². The minimum atomic E-state index is 0.594. The second kappa shape index (κ2) is 14.0. The van der Waals surface area contributed by atoms with Crippen LogP contribution in [0.25, 0.3) is 88.4 Å². The molecule has 3 nitrogen and oxygen atoms in total. The van der Waals surface area contributed by atoms with E-state index in [1.54, 1.807) is 0 Å². The van der Waals surface area contributed by atoms with Crippen LogP contribution in [0, 0.1) is 45.9 Å². The molecule has 0 atom stereocenters. The predicted octanol–water partition coefficient (Wildman–Crippen LogP) is 14.7. The maximum atomic E-state index is 11.3. The van der Waals surface area contributed by atoms with E-state index in [0.29, 0.717) is 5.56 Å². The van der Waals surface area contributed by atoms with Crippen molar-refractivity contribution in [2.45, 2.75) is 41.0 Å². The van der Waals surface area contributed by atoms with Crippen LogP contribution in [0.3, 0.4) is 0 Å². The molecule has 0 saturated carbocycles. The largest absolute Gasteiger partial charge is 0.308 e. The number of hydrogen-bond acceptors (Lipinski definition) is 1. The molecule has 2 aromatic heterocycles. The summed E-state index contributed by atoms with van der Waals surface area (Å²) in [5, 5.41) is 15.9. The minimum absolute atomic E-state index is 0.594. The Kier molecular flexibility index (Phi) is 8.55. The summed E-state index contributed by atoms with van der Waals surface area (Å²) in [6.45, 7) is 15.5. The van der Waals surface area contributed by atoms with Crippen LogP contribution in [-0.2, 0) is 6.42 Å². The second-order valence-corrected chi connectivity index (χ2v) is 16.1. The zero-order valence-electron chi connectivity index (χ0n) is 34.2. The van der Waals surface area contributed by atoms with E-state index in [9.17, 15) is 5.26 Å². The summed E-state index contributed by atoms with van der Waals surface area (Å²) in [6.07, 6.45) is 0.945. The van der Waals surface area contributed by atoms with E-state index < -0.39 is 0 Å². The van der Waals surface area contributed by atoms with E-state index in [1.807, 2.05) is 0 Å². The molecule has 0 aliphatic rings. The number of fused-ring (bicyclic) bond motifs is 6. The SMILES string of the molecule is [CH2+]c1cccc(C)c1-c1cc(-n2c3ccccc3c3ccc(-c4ccc(C)cc4CC)cc32)c(C#N)cc1-n1c2ccccc2c2ccc(-c3ccc(C)cc3C)cc21. The third kappa shape index (κ3) is 5.75. The minimum Gasteiger partial charge on any atom is -0.308 e. The van der Waals surface area contributed by atoms with E-state index in [4.69, 9.17) is 0 Å². The lowest BCUT2D eigenvalue weighted by atomic mass is 9.92. The molecule has 0 amide bonds. The predicted molar refractivity (Wildman–Crippen MR) is 249 cm³/mol. The zero-order chi connectivity index (χ0) is 40.5. The van der Waals surface area contributed by atoms with Crippen molar-refractivity contribution in [1.82, 2.24) is 9.13 Å². The smallest absolute Gasteiger partial charge is 0.135 e. The highest BCUT2D eigenvalue weighted by molar-refractivity contribution is 6.12. The second-order valence-electron chi connectivity index (χ2n) is 16.1. The third-order valence-electron chi connectivity index (χ3n) is 12.3. The summed E-state index contributed by atoms with van der Waals surface area (Å²) in [5.41, 5.74) is 20.7. The fourth-order valence-electron chi connectivity index (χ4n) is 9.58. The summed E-state index contributed by atoms with van der Waals surface area (Å²) in [5.74, 6) is 0. The Hall–Kier alpha value is -7.28. The molecule has 59 heavy (non-hydrogen) atoms. The molecular weight excluding hydrogens is 715 g/mol. The van der Waals surface area contributed by atoms with Gasteiger partial charge in [-0.05, 0) is 116 Å². The van der Waals surface area contributed by atoms with Crippen LogP contribution in [0.15, 0.2) is 152 Å². The van der Waals surface area contributed by atoms with Crippen molar-refractivity contribution in [3.05, 3.63) is 198 Å². The van der Waals surface area contributed by atoms with Crippen molar-refractivity contribution < 1.29 is 0 Å². The van der Waals surface area contributed by atoms with Gasteiger partial charge in [-0.2, -0.15) is 5.26 Å². The van der Waals surface area contributed by atoms with Crippen LogP contribution in [0.2, 0.25) is 0 Å². The lowest BCUT2D eigenvalue weighted by Gasteiger charge is -2.19. The molecular formula is C56H44N3+. The molecule has 0 spiro atoms. The molecule has 0 aliphatic heterocycles. The number of rotatable bonds is 6. The molecule has 0 radical (unpaired) electrons. The molecule has 3 heteroatoms. The average Bonchev–Trinajstić information content (AvgIpc) is 3.75. The molecule has 0 unspecified atom stereocenters. The number of nitrogens with zero attached hydrogens (tertiary/aromatic N) is 3. The van der Waals surface area contributed by atoms with Crippen molar-refractivity contribution in [2.24, 2.45) is 0 Å². The van der Waals surface area contributed by atoms with E-state index in [2.05, 4.69) is 208 Å². The van der Waals surface area contributed by atoms with E-state index in [-0.39, 0.29) is 0 Å². The van der Waals surface area contributed by atoms with Gasteiger partial charge in [0.1, 0.15) is 11.6 Å². The first kappa shape index (κ1) is 36.1. The van der Waals surface area contributed by atoms with Gasteiger partial charge in [-0.3, -0.25) is 0 Å². The van der Waals surface area contributed by atoms with Crippen LogP contribution < -0.4 is 0 Å². The maximum absolute atomic E-state index is 11.3. The van der Waals surface area contributed by atoms with Gasteiger partial charge in [0.15, 0.2) is 0 Å². The standard InChI is InChI=1S/C56H44N3/c1-7-39-28-35(3)20-24-44(39)41-22-26-47-45-15-8-10-17-50(45)58(53(47)30-41)52-32-49(56-36(4)13-12-14-37(56)5)55(31-42(52)33-57)59-51-18-11-9-16-46(51)48-25-21-40(29-54(48)59)43-23-19-34(2)27-38(43)6/h8-32H,4,7H2,1-3,5-6H3/q+1. The first-order chi connectivity index (χ1) is 28.7. The third-order valence-corrected chi connectivity index (χ3v) is 12.3. The van der Waals surface area contributed by atoms with E-state index >= 15 is 0 Å². The Morgan fingerprint density at radius 3 is 1.68 bits per heavy atom. The number of hydrogen-bond donors (Lipinski definition) is 0. The van der Waals surface area contributed by atoms with Gasteiger partial charge in [0, 0.05) is 40.1 Å². The monoisotopic (exact) mass is 758 g/mol. The van der Waals surface area contributed by atoms with E-state index in [0.717, 1.165) is 84.0 Å². The van der Waals surface area contributed by atoms with Crippen molar-refractivity contribution in [1.29, 1.82) is 5.26 Å².